The van der Waals surface area contributed by atoms with Gasteiger partial charge in [0.1, 0.15) is 0 Å². The van der Waals surface area contributed by atoms with Gasteiger partial charge in [0, 0.05) is 6.54 Å². The topological polar surface area (TPSA) is 61.8 Å². The van der Waals surface area contributed by atoms with Crippen molar-refractivity contribution in [2.24, 2.45) is 0 Å². The molecule has 1 aromatic carbocycles. The number of carbonyl (C=O) groups excluding carboxylic acids is 1. The van der Waals surface area contributed by atoms with Gasteiger partial charge in [-0.1, -0.05) is 24.3 Å². The maximum absolute atomic E-state index is 12.8. The van der Waals surface area contributed by atoms with Crippen molar-refractivity contribution in [2.75, 3.05) is 13.2 Å². The van der Waals surface area contributed by atoms with E-state index in [-0.39, 0.29) is 30.8 Å². The lowest BCUT2D eigenvalue weighted by Crippen LogP contribution is -2.49. The van der Waals surface area contributed by atoms with Gasteiger partial charge in [-0.25, -0.2) is 4.79 Å². The Hall–Kier alpha value is -1.59. The summed E-state index contributed by atoms with van der Waals surface area (Å²) in [4.78, 5) is 14.6. The first-order valence-electron chi connectivity index (χ1n) is 8.67. The second kappa shape index (κ2) is 6.13. The number of fused-ring (bicyclic) bond motifs is 3. The number of hydrogen-bond donors (Lipinski definition) is 2. The Morgan fingerprint density at radius 2 is 2.17 bits per heavy atom. The van der Waals surface area contributed by atoms with E-state index in [2.05, 4.69) is 17.4 Å². The smallest absolute Gasteiger partial charge is 0.318 e. The standard InChI is InChI=1S/C18H24N2O3/c21-10-9-20(16-7-5-12-3-1-2-4-14(12)16)18(22)19-15-11-13-6-8-17(15)23-13/h1-4,13,15-17,21H,5-11H2,(H,19,22). The third-order valence-corrected chi connectivity index (χ3v) is 5.49. The summed E-state index contributed by atoms with van der Waals surface area (Å²) in [5, 5.41) is 12.6. The van der Waals surface area contributed by atoms with E-state index in [0.717, 1.165) is 32.1 Å². The number of rotatable bonds is 4. The number of urea groups is 1. The highest BCUT2D eigenvalue weighted by atomic mass is 16.5. The second-order valence-electron chi connectivity index (χ2n) is 6.84. The van der Waals surface area contributed by atoms with Gasteiger partial charge in [0.25, 0.3) is 0 Å². The fourth-order valence-electron chi connectivity index (χ4n) is 4.40. The highest BCUT2D eigenvalue weighted by molar-refractivity contribution is 5.75. The monoisotopic (exact) mass is 316 g/mol. The van der Waals surface area contributed by atoms with Crippen LogP contribution in [-0.4, -0.2) is 47.4 Å². The molecule has 2 heterocycles. The molecule has 4 unspecified atom stereocenters. The van der Waals surface area contributed by atoms with E-state index in [4.69, 9.17) is 4.74 Å². The van der Waals surface area contributed by atoms with Gasteiger partial charge in [-0.2, -0.15) is 0 Å². The molecule has 124 valence electrons. The van der Waals surface area contributed by atoms with Gasteiger partial charge >= 0.3 is 6.03 Å². The number of amides is 2. The summed E-state index contributed by atoms with van der Waals surface area (Å²) in [6.07, 6.45) is 5.51. The Bertz CT molecular complexity index is 591. The Morgan fingerprint density at radius 1 is 1.30 bits per heavy atom. The van der Waals surface area contributed by atoms with Crippen LogP contribution in [0.1, 0.15) is 42.9 Å². The van der Waals surface area contributed by atoms with Gasteiger partial charge in [0.2, 0.25) is 0 Å². The summed E-state index contributed by atoms with van der Waals surface area (Å²) in [7, 11) is 0. The van der Waals surface area contributed by atoms with Crippen molar-refractivity contribution in [1.82, 2.24) is 10.2 Å². The van der Waals surface area contributed by atoms with E-state index in [9.17, 15) is 9.90 Å². The van der Waals surface area contributed by atoms with Gasteiger partial charge in [-0.05, 0) is 43.2 Å². The fourth-order valence-corrected chi connectivity index (χ4v) is 4.40. The molecular formula is C18H24N2O3. The zero-order valence-electron chi connectivity index (χ0n) is 13.3. The number of aryl methyl sites for hydroxylation is 1. The molecule has 2 N–H and O–H groups in total. The number of nitrogens with zero attached hydrogens (tertiary/aromatic N) is 1. The van der Waals surface area contributed by atoms with Crippen LogP contribution in [0.4, 0.5) is 4.79 Å². The van der Waals surface area contributed by atoms with Crippen molar-refractivity contribution in [3.05, 3.63) is 35.4 Å². The van der Waals surface area contributed by atoms with Crippen LogP contribution in [0.15, 0.2) is 24.3 Å². The van der Waals surface area contributed by atoms with Crippen LogP contribution in [0.25, 0.3) is 0 Å². The lowest BCUT2D eigenvalue weighted by Gasteiger charge is -2.31. The molecule has 5 heteroatoms. The van der Waals surface area contributed by atoms with Gasteiger partial charge in [0.05, 0.1) is 30.9 Å². The van der Waals surface area contributed by atoms with Gasteiger partial charge in [-0.3, -0.25) is 0 Å². The molecule has 2 aliphatic heterocycles. The molecule has 4 atom stereocenters. The molecule has 1 aromatic rings. The predicted octanol–water partition coefficient (Wildman–Crippen LogP) is 2.00. The summed E-state index contributed by atoms with van der Waals surface area (Å²) in [6.45, 7) is 0.353. The predicted molar refractivity (Wildman–Crippen MR) is 86.1 cm³/mol. The van der Waals surface area contributed by atoms with Gasteiger partial charge in [0.15, 0.2) is 0 Å². The number of hydrogen-bond acceptors (Lipinski definition) is 3. The van der Waals surface area contributed by atoms with Crippen molar-refractivity contribution in [1.29, 1.82) is 0 Å². The summed E-state index contributed by atoms with van der Waals surface area (Å²) in [5.74, 6) is 0. The molecule has 1 aliphatic carbocycles. The SMILES string of the molecule is O=C(NC1CC2CCC1O2)N(CCO)C1CCc2ccccc21. The first kappa shape index (κ1) is 15.0. The zero-order chi connectivity index (χ0) is 15.8. The molecule has 4 rings (SSSR count). The Morgan fingerprint density at radius 3 is 2.91 bits per heavy atom. The molecule has 2 amide bonds. The van der Waals surface area contributed by atoms with Crippen molar-refractivity contribution in [3.63, 3.8) is 0 Å². The molecular weight excluding hydrogens is 292 g/mol. The Balaban J connectivity index is 1.48. The Labute approximate surface area is 136 Å². The van der Waals surface area contributed by atoms with Crippen LogP contribution < -0.4 is 5.32 Å². The van der Waals surface area contributed by atoms with E-state index >= 15 is 0 Å². The molecule has 0 saturated carbocycles. The first-order valence-corrected chi connectivity index (χ1v) is 8.67. The summed E-state index contributed by atoms with van der Waals surface area (Å²) < 4.78 is 5.82. The van der Waals surface area contributed by atoms with E-state index in [0.29, 0.717) is 12.6 Å². The van der Waals surface area contributed by atoms with Crippen molar-refractivity contribution in [3.8, 4) is 0 Å². The summed E-state index contributed by atoms with van der Waals surface area (Å²) in [6, 6.07) is 8.43. The normalized spacial score (nSPS) is 31.2. The molecule has 2 fully saturated rings. The maximum Gasteiger partial charge on any atom is 0.318 e. The average molecular weight is 316 g/mol. The third kappa shape index (κ3) is 2.72. The highest BCUT2D eigenvalue weighted by Crippen LogP contribution is 2.37. The molecule has 0 aromatic heterocycles. The minimum atomic E-state index is -0.0677. The molecule has 2 bridgehead atoms. The number of benzene rings is 1. The van der Waals surface area contributed by atoms with Gasteiger partial charge in [-0.15, -0.1) is 0 Å². The lowest BCUT2D eigenvalue weighted by molar-refractivity contribution is 0.0954. The van der Waals surface area contributed by atoms with Crippen molar-refractivity contribution >= 4 is 6.03 Å². The van der Waals surface area contributed by atoms with E-state index in [1.807, 2.05) is 12.1 Å². The van der Waals surface area contributed by atoms with Crippen LogP contribution in [0.3, 0.4) is 0 Å². The van der Waals surface area contributed by atoms with Gasteiger partial charge < -0.3 is 20.1 Å². The Kier molecular flexibility index (Phi) is 3.99. The quantitative estimate of drug-likeness (QED) is 0.893. The minimum absolute atomic E-state index is 0.0146. The third-order valence-electron chi connectivity index (χ3n) is 5.49. The van der Waals surface area contributed by atoms with E-state index in [1.54, 1.807) is 4.90 Å². The number of aliphatic hydroxyl groups is 1. The zero-order valence-corrected chi connectivity index (χ0v) is 13.3. The maximum atomic E-state index is 12.8. The molecule has 0 spiro atoms. The van der Waals surface area contributed by atoms with E-state index < -0.39 is 0 Å². The second-order valence-corrected chi connectivity index (χ2v) is 6.84. The van der Waals surface area contributed by atoms with Crippen molar-refractivity contribution < 1.29 is 14.6 Å². The lowest BCUT2D eigenvalue weighted by atomic mass is 9.95. The van der Waals surface area contributed by atoms with Crippen LogP contribution >= 0.6 is 0 Å². The average Bonchev–Trinajstić information content (AvgIpc) is 3.27. The minimum Gasteiger partial charge on any atom is -0.395 e. The molecule has 2 saturated heterocycles. The number of aliphatic hydroxyl groups excluding tert-OH is 1. The first-order chi connectivity index (χ1) is 11.3. The molecule has 5 nitrogen and oxygen atoms in total. The molecule has 3 aliphatic rings. The van der Waals surface area contributed by atoms with Crippen LogP contribution in [0.5, 0.6) is 0 Å². The van der Waals surface area contributed by atoms with E-state index in [1.165, 1.54) is 11.1 Å². The largest absolute Gasteiger partial charge is 0.395 e. The summed E-state index contributed by atoms with van der Waals surface area (Å²) in [5.41, 5.74) is 2.54. The summed E-state index contributed by atoms with van der Waals surface area (Å²) >= 11 is 0. The fraction of sp³-hybridized carbons (Fsp3) is 0.611. The number of nitrogens with one attached hydrogen (secondary N) is 1. The van der Waals surface area contributed by atoms with Crippen LogP contribution in [0, 0.1) is 0 Å². The highest BCUT2D eigenvalue weighted by Gasteiger charge is 2.42. The number of ether oxygens (including phenoxy) is 1. The van der Waals surface area contributed by atoms with Crippen LogP contribution in [-0.2, 0) is 11.2 Å². The number of carbonyl (C=O) groups is 1. The van der Waals surface area contributed by atoms with Crippen LogP contribution in [0.2, 0.25) is 0 Å². The molecule has 23 heavy (non-hydrogen) atoms. The molecule has 0 radical (unpaired) electrons. The van der Waals surface area contributed by atoms with Crippen molar-refractivity contribution in [2.45, 2.75) is 56.4 Å².